The van der Waals surface area contributed by atoms with Crippen molar-refractivity contribution in [1.29, 1.82) is 0 Å². The zero-order chi connectivity index (χ0) is 21.3. The Hall–Kier alpha value is -2.82. The third-order valence-corrected chi connectivity index (χ3v) is 6.40. The molecule has 0 unspecified atom stereocenters. The highest BCUT2D eigenvalue weighted by Gasteiger charge is 2.40. The van der Waals surface area contributed by atoms with E-state index >= 15 is 0 Å². The number of carbonyl (C=O) groups is 2. The van der Waals surface area contributed by atoms with E-state index in [2.05, 4.69) is 0 Å². The summed E-state index contributed by atoms with van der Waals surface area (Å²) in [6, 6.07) is 22.8. The fourth-order valence-corrected chi connectivity index (χ4v) is 4.62. The lowest BCUT2D eigenvalue weighted by molar-refractivity contribution is -0.119. The molecule has 0 aliphatic carbocycles. The van der Waals surface area contributed by atoms with Gasteiger partial charge in [-0.1, -0.05) is 66.2 Å². The molecular weight excluding hydrogens is 414 g/mol. The van der Waals surface area contributed by atoms with Gasteiger partial charge in [-0.3, -0.25) is 9.59 Å². The number of nitrogens with zero attached hydrogens (tertiary/aromatic N) is 1. The first-order valence-electron chi connectivity index (χ1n) is 9.58. The molecule has 3 nitrogen and oxygen atoms in total. The number of amides is 2. The van der Waals surface area contributed by atoms with E-state index in [1.165, 1.54) is 16.7 Å². The molecule has 0 saturated carbocycles. The summed E-state index contributed by atoms with van der Waals surface area (Å²) in [6.45, 7) is 3.86. The second-order valence-corrected chi connectivity index (χ2v) is 8.64. The van der Waals surface area contributed by atoms with Crippen LogP contribution in [0.3, 0.4) is 0 Å². The number of hydrogen-bond donors (Lipinski definition) is 0. The molecule has 30 heavy (non-hydrogen) atoms. The van der Waals surface area contributed by atoms with Gasteiger partial charge in [0.25, 0.3) is 11.8 Å². The number of imide groups is 1. The Balaban J connectivity index is 1.77. The van der Waals surface area contributed by atoms with Crippen LogP contribution in [-0.2, 0) is 15.3 Å². The largest absolute Gasteiger partial charge is 0.272 e. The van der Waals surface area contributed by atoms with Crippen molar-refractivity contribution in [3.63, 3.8) is 0 Å². The molecule has 3 aromatic carbocycles. The topological polar surface area (TPSA) is 37.4 Å². The van der Waals surface area contributed by atoms with Gasteiger partial charge in [-0.15, -0.1) is 11.8 Å². The third kappa shape index (κ3) is 3.93. The number of benzene rings is 3. The molecule has 4 rings (SSSR count). The predicted molar refractivity (Wildman–Crippen MR) is 125 cm³/mol. The molecule has 1 aliphatic rings. The van der Waals surface area contributed by atoms with E-state index in [-0.39, 0.29) is 11.8 Å². The lowest BCUT2D eigenvalue weighted by Gasteiger charge is -2.18. The van der Waals surface area contributed by atoms with Gasteiger partial charge in [0.1, 0.15) is 0 Å². The average Bonchev–Trinajstić information content (AvgIpc) is 2.99. The van der Waals surface area contributed by atoms with E-state index in [9.17, 15) is 9.59 Å². The summed E-state index contributed by atoms with van der Waals surface area (Å²) in [6.07, 6.45) is 0. The molecule has 2 amide bonds. The molecule has 1 aliphatic heterocycles. The second kappa shape index (κ2) is 8.50. The molecule has 0 bridgehead atoms. The molecule has 5 heteroatoms. The van der Waals surface area contributed by atoms with Crippen LogP contribution in [-0.4, -0.2) is 11.8 Å². The summed E-state index contributed by atoms with van der Waals surface area (Å²) in [4.78, 5) is 28.7. The van der Waals surface area contributed by atoms with Gasteiger partial charge in [0, 0.05) is 10.8 Å². The van der Waals surface area contributed by atoms with Gasteiger partial charge >= 0.3 is 0 Å². The van der Waals surface area contributed by atoms with Crippen molar-refractivity contribution in [3.05, 3.63) is 105 Å². The summed E-state index contributed by atoms with van der Waals surface area (Å²) in [5.41, 5.74) is 4.73. The Bertz CT molecular complexity index is 1150. The van der Waals surface area contributed by atoms with Gasteiger partial charge in [0.2, 0.25) is 0 Å². The Labute approximate surface area is 185 Å². The normalized spacial score (nSPS) is 14.0. The monoisotopic (exact) mass is 433 g/mol. The molecule has 0 atom stereocenters. The van der Waals surface area contributed by atoms with E-state index in [1.807, 2.05) is 62.4 Å². The van der Waals surface area contributed by atoms with Gasteiger partial charge in [0.05, 0.1) is 16.2 Å². The van der Waals surface area contributed by atoms with Crippen molar-refractivity contribution in [1.82, 2.24) is 0 Å². The standard InChI is InChI=1S/C25H20ClNO2S/c1-16-8-9-17(2)21(14-16)27-24(28)22(19-10-12-20(26)13-11-19)23(25(27)29)30-15-18-6-4-3-5-7-18/h3-14H,15H2,1-2H3. The van der Waals surface area contributed by atoms with Crippen LogP contribution in [0.5, 0.6) is 0 Å². The maximum atomic E-state index is 13.5. The van der Waals surface area contributed by atoms with Crippen molar-refractivity contribution in [3.8, 4) is 0 Å². The highest BCUT2D eigenvalue weighted by atomic mass is 35.5. The third-order valence-electron chi connectivity index (χ3n) is 5.01. The SMILES string of the molecule is Cc1ccc(C)c(N2C(=O)C(SCc3ccccc3)=C(c3ccc(Cl)cc3)C2=O)c1. The number of anilines is 1. The van der Waals surface area contributed by atoms with Crippen LogP contribution in [0.1, 0.15) is 22.3 Å². The lowest BCUT2D eigenvalue weighted by Crippen LogP contribution is -2.32. The highest BCUT2D eigenvalue weighted by molar-refractivity contribution is 8.03. The molecule has 3 aromatic rings. The fraction of sp³-hybridized carbons (Fsp3) is 0.120. The van der Waals surface area contributed by atoms with E-state index in [0.717, 1.165) is 16.7 Å². The quantitative estimate of drug-likeness (QED) is 0.451. The van der Waals surface area contributed by atoms with Crippen LogP contribution in [0.2, 0.25) is 5.02 Å². The van der Waals surface area contributed by atoms with Crippen LogP contribution in [0.4, 0.5) is 5.69 Å². The van der Waals surface area contributed by atoms with Crippen LogP contribution in [0, 0.1) is 13.8 Å². The van der Waals surface area contributed by atoms with Crippen LogP contribution < -0.4 is 4.90 Å². The molecule has 0 radical (unpaired) electrons. The van der Waals surface area contributed by atoms with Crippen molar-refractivity contribution < 1.29 is 9.59 Å². The minimum Gasteiger partial charge on any atom is -0.268 e. The fourth-order valence-electron chi connectivity index (χ4n) is 3.42. The van der Waals surface area contributed by atoms with E-state index in [4.69, 9.17) is 11.6 Å². The zero-order valence-electron chi connectivity index (χ0n) is 16.7. The maximum Gasteiger partial charge on any atom is 0.272 e. The van der Waals surface area contributed by atoms with Gasteiger partial charge < -0.3 is 0 Å². The highest BCUT2D eigenvalue weighted by Crippen LogP contribution is 2.40. The summed E-state index contributed by atoms with van der Waals surface area (Å²) < 4.78 is 0. The van der Waals surface area contributed by atoms with Crippen LogP contribution in [0.15, 0.2) is 77.7 Å². The minimum atomic E-state index is -0.299. The van der Waals surface area contributed by atoms with E-state index in [1.54, 1.807) is 24.3 Å². The Kier molecular flexibility index (Phi) is 5.80. The Morgan fingerprint density at radius 3 is 2.27 bits per heavy atom. The zero-order valence-corrected chi connectivity index (χ0v) is 18.3. The summed E-state index contributed by atoms with van der Waals surface area (Å²) in [5, 5.41) is 0.584. The summed E-state index contributed by atoms with van der Waals surface area (Å²) in [7, 11) is 0. The molecule has 150 valence electrons. The second-order valence-electron chi connectivity index (χ2n) is 7.22. The lowest BCUT2D eigenvalue weighted by atomic mass is 10.1. The Morgan fingerprint density at radius 1 is 0.867 bits per heavy atom. The molecule has 0 spiro atoms. The number of thioether (sulfide) groups is 1. The predicted octanol–water partition coefficient (Wildman–Crippen LogP) is 6.17. The van der Waals surface area contributed by atoms with E-state index < -0.39 is 0 Å². The molecule has 0 N–H and O–H groups in total. The van der Waals surface area contributed by atoms with Crippen LogP contribution in [0.25, 0.3) is 5.57 Å². The molecule has 0 fully saturated rings. The van der Waals surface area contributed by atoms with Gasteiger partial charge in [0.15, 0.2) is 0 Å². The molecule has 1 heterocycles. The summed E-state index contributed by atoms with van der Waals surface area (Å²) >= 11 is 7.44. The number of aryl methyl sites for hydroxylation is 2. The first kappa shape index (κ1) is 20.5. The first-order chi connectivity index (χ1) is 14.5. The van der Waals surface area contributed by atoms with Crippen LogP contribution >= 0.6 is 23.4 Å². The smallest absolute Gasteiger partial charge is 0.268 e. The first-order valence-corrected chi connectivity index (χ1v) is 10.9. The molecule has 0 saturated heterocycles. The number of halogens is 1. The van der Waals surface area contributed by atoms with Gasteiger partial charge in [-0.2, -0.15) is 0 Å². The molecule has 0 aromatic heterocycles. The average molecular weight is 434 g/mol. The van der Waals surface area contributed by atoms with Gasteiger partial charge in [-0.25, -0.2) is 4.90 Å². The van der Waals surface area contributed by atoms with Gasteiger partial charge in [-0.05, 0) is 54.3 Å². The number of hydrogen-bond acceptors (Lipinski definition) is 3. The van der Waals surface area contributed by atoms with Crippen molar-refractivity contribution in [2.75, 3.05) is 4.90 Å². The van der Waals surface area contributed by atoms with Crippen molar-refractivity contribution >= 4 is 46.4 Å². The molecular formula is C25H20ClNO2S. The minimum absolute atomic E-state index is 0.278. The number of carbonyl (C=O) groups excluding carboxylic acids is 2. The number of rotatable bonds is 5. The van der Waals surface area contributed by atoms with Crippen molar-refractivity contribution in [2.45, 2.75) is 19.6 Å². The van der Waals surface area contributed by atoms with Crippen molar-refractivity contribution in [2.24, 2.45) is 0 Å². The Morgan fingerprint density at radius 2 is 1.57 bits per heavy atom. The summed E-state index contributed by atoms with van der Waals surface area (Å²) in [5.74, 6) is 0.0265. The van der Waals surface area contributed by atoms with E-state index in [0.29, 0.717) is 32.5 Å². The maximum absolute atomic E-state index is 13.5.